The number of hydrogen-bond donors (Lipinski definition) is 2. The highest BCUT2D eigenvalue weighted by molar-refractivity contribution is 5.97. The Labute approximate surface area is 161 Å². The number of aromatic hydroxyl groups is 1. The van der Waals surface area contributed by atoms with Crippen LogP contribution in [0, 0.1) is 5.82 Å². The highest BCUT2D eigenvalue weighted by atomic mass is 19.1. The summed E-state index contributed by atoms with van der Waals surface area (Å²) in [4.78, 5) is 24.4. The van der Waals surface area contributed by atoms with Gasteiger partial charge in [-0.2, -0.15) is 0 Å². The van der Waals surface area contributed by atoms with Crippen LogP contribution in [0.5, 0.6) is 5.75 Å². The molecule has 0 aromatic heterocycles. The van der Waals surface area contributed by atoms with Crippen molar-refractivity contribution < 1.29 is 23.8 Å². The maximum Gasteiger partial charge on any atom is 0.338 e. The van der Waals surface area contributed by atoms with Gasteiger partial charge in [0.05, 0.1) is 5.56 Å². The molecule has 0 aliphatic heterocycles. The van der Waals surface area contributed by atoms with Gasteiger partial charge in [-0.15, -0.1) is 0 Å². The number of phenols is 1. The summed E-state index contributed by atoms with van der Waals surface area (Å²) >= 11 is 0. The molecule has 6 heteroatoms. The summed E-state index contributed by atoms with van der Waals surface area (Å²) in [6, 6.07) is 18.7. The fourth-order valence-corrected chi connectivity index (χ4v) is 2.51. The van der Waals surface area contributed by atoms with E-state index in [0.717, 1.165) is 11.1 Å². The van der Waals surface area contributed by atoms with E-state index in [2.05, 4.69) is 5.32 Å². The van der Waals surface area contributed by atoms with Crippen LogP contribution in [0.1, 0.15) is 17.3 Å². The lowest BCUT2D eigenvalue weighted by atomic mass is 10.0. The summed E-state index contributed by atoms with van der Waals surface area (Å²) in [6.07, 6.45) is -1.02. The number of ether oxygens (including phenoxy) is 1. The minimum Gasteiger partial charge on any atom is -0.508 e. The van der Waals surface area contributed by atoms with E-state index < -0.39 is 23.8 Å². The number of halogens is 1. The molecule has 0 saturated carbocycles. The first kappa shape index (κ1) is 19.1. The quantitative estimate of drug-likeness (QED) is 0.645. The Morgan fingerprint density at radius 3 is 2.00 bits per heavy atom. The van der Waals surface area contributed by atoms with Gasteiger partial charge in [-0.3, -0.25) is 4.79 Å². The molecule has 3 aromatic rings. The number of hydrogen-bond acceptors (Lipinski definition) is 4. The van der Waals surface area contributed by atoms with Gasteiger partial charge >= 0.3 is 5.97 Å². The van der Waals surface area contributed by atoms with Crippen LogP contribution in [0.15, 0.2) is 72.8 Å². The largest absolute Gasteiger partial charge is 0.508 e. The Bertz CT molecular complexity index is 967. The average Bonchev–Trinajstić information content (AvgIpc) is 2.70. The third-order valence-corrected chi connectivity index (χ3v) is 4.09. The van der Waals surface area contributed by atoms with Crippen molar-refractivity contribution in [1.82, 2.24) is 0 Å². The first-order valence-electron chi connectivity index (χ1n) is 8.59. The molecule has 0 fully saturated rings. The van der Waals surface area contributed by atoms with Gasteiger partial charge in [-0.25, -0.2) is 9.18 Å². The smallest absolute Gasteiger partial charge is 0.338 e. The molecule has 2 N–H and O–H groups in total. The number of esters is 1. The molecule has 1 atom stereocenters. The Hall–Kier alpha value is -3.67. The molecular weight excluding hydrogens is 361 g/mol. The van der Waals surface area contributed by atoms with Crippen molar-refractivity contribution in [1.29, 1.82) is 0 Å². The van der Waals surface area contributed by atoms with Crippen LogP contribution >= 0.6 is 0 Å². The summed E-state index contributed by atoms with van der Waals surface area (Å²) < 4.78 is 18.1. The van der Waals surface area contributed by atoms with Crippen LogP contribution < -0.4 is 5.32 Å². The minimum absolute atomic E-state index is 0.178. The molecule has 0 unspecified atom stereocenters. The Morgan fingerprint density at radius 2 is 1.43 bits per heavy atom. The predicted molar refractivity (Wildman–Crippen MR) is 103 cm³/mol. The number of amides is 1. The summed E-state index contributed by atoms with van der Waals surface area (Å²) in [6.45, 7) is 1.46. The van der Waals surface area contributed by atoms with Gasteiger partial charge in [0, 0.05) is 5.69 Å². The van der Waals surface area contributed by atoms with Crippen molar-refractivity contribution in [2.75, 3.05) is 5.32 Å². The lowest BCUT2D eigenvalue weighted by Gasteiger charge is -2.14. The molecule has 0 aliphatic carbocycles. The third kappa shape index (κ3) is 4.73. The van der Waals surface area contributed by atoms with E-state index in [0.29, 0.717) is 11.3 Å². The predicted octanol–water partition coefficient (Wildman–Crippen LogP) is 4.38. The summed E-state index contributed by atoms with van der Waals surface area (Å²) in [7, 11) is 0. The molecule has 142 valence electrons. The van der Waals surface area contributed by atoms with E-state index in [1.807, 2.05) is 0 Å². The van der Waals surface area contributed by atoms with E-state index >= 15 is 0 Å². The maximum atomic E-state index is 12.9. The normalized spacial score (nSPS) is 11.5. The van der Waals surface area contributed by atoms with Crippen molar-refractivity contribution in [3.63, 3.8) is 0 Å². The number of anilines is 1. The van der Waals surface area contributed by atoms with Crippen LogP contribution in [0.25, 0.3) is 11.1 Å². The monoisotopic (exact) mass is 379 g/mol. The van der Waals surface area contributed by atoms with E-state index in [1.54, 1.807) is 48.5 Å². The van der Waals surface area contributed by atoms with Crippen molar-refractivity contribution in [2.45, 2.75) is 13.0 Å². The zero-order chi connectivity index (χ0) is 20.1. The average molecular weight is 379 g/mol. The van der Waals surface area contributed by atoms with E-state index in [1.165, 1.54) is 31.2 Å². The second-order valence-corrected chi connectivity index (χ2v) is 6.17. The summed E-state index contributed by atoms with van der Waals surface area (Å²) in [5, 5.41) is 11.9. The van der Waals surface area contributed by atoms with Crippen molar-refractivity contribution in [3.05, 3.63) is 84.2 Å². The molecule has 28 heavy (non-hydrogen) atoms. The number of nitrogens with one attached hydrogen (secondary N) is 1. The highest BCUT2D eigenvalue weighted by Gasteiger charge is 2.19. The van der Waals surface area contributed by atoms with Gasteiger partial charge in [-0.05, 0) is 66.6 Å². The number of carbonyl (C=O) groups excluding carboxylic acids is 2. The fourth-order valence-electron chi connectivity index (χ4n) is 2.51. The summed E-state index contributed by atoms with van der Waals surface area (Å²) in [5.74, 6) is -1.37. The first-order chi connectivity index (χ1) is 13.4. The standard InChI is InChI=1S/C22H18FNO4/c1-14(21(26)24-19-10-8-18(23)9-11-19)28-22(27)17-4-2-15(3-5-17)16-6-12-20(25)13-7-16/h2-14,25H,1H3,(H,24,26)/t14-/m0/s1. The van der Waals surface area contributed by atoms with Crippen LogP contribution in [-0.2, 0) is 9.53 Å². The van der Waals surface area contributed by atoms with Gasteiger partial charge in [0.25, 0.3) is 5.91 Å². The lowest BCUT2D eigenvalue weighted by molar-refractivity contribution is -0.123. The molecule has 3 rings (SSSR count). The van der Waals surface area contributed by atoms with Crippen molar-refractivity contribution >= 4 is 17.6 Å². The Morgan fingerprint density at radius 1 is 0.893 bits per heavy atom. The topological polar surface area (TPSA) is 75.6 Å². The van der Waals surface area contributed by atoms with Crippen LogP contribution in [0.2, 0.25) is 0 Å². The highest BCUT2D eigenvalue weighted by Crippen LogP contribution is 2.22. The first-order valence-corrected chi connectivity index (χ1v) is 8.59. The molecule has 3 aromatic carbocycles. The molecular formula is C22H18FNO4. The molecule has 0 spiro atoms. The Kier molecular flexibility index (Phi) is 5.69. The molecule has 0 radical (unpaired) electrons. The molecule has 0 saturated heterocycles. The zero-order valence-corrected chi connectivity index (χ0v) is 15.1. The van der Waals surface area contributed by atoms with E-state index in [-0.39, 0.29) is 5.75 Å². The second-order valence-electron chi connectivity index (χ2n) is 6.17. The third-order valence-electron chi connectivity index (χ3n) is 4.09. The number of phenolic OH excluding ortho intramolecular Hbond substituents is 1. The molecule has 0 aliphatic rings. The Balaban J connectivity index is 1.61. The number of rotatable bonds is 5. The van der Waals surface area contributed by atoms with Gasteiger partial charge in [0.2, 0.25) is 0 Å². The molecule has 0 heterocycles. The molecule has 5 nitrogen and oxygen atoms in total. The van der Waals surface area contributed by atoms with Crippen molar-refractivity contribution in [2.24, 2.45) is 0 Å². The second kappa shape index (κ2) is 8.35. The summed E-state index contributed by atoms with van der Waals surface area (Å²) in [5.41, 5.74) is 2.49. The van der Waals surface area contributed by atoms with E-state index in [4.69, 9.17) is 4.74 Å². The molecule has 0 bridgehead atoms. The number of benzene rings is 3. The van der Waals surface area contributed by atoms with Crippen LogP contribution in [0.3, 0.4) is 0 Å². The minimum atomic E-state index is -1.02. The zero-order valence-electron chi connectivity index (χ0n) is 15.1. The van der Waals surface area contributed by atoms with Gasteiger partial charge in [-0.1, -0.05) is 24.3 Å². The van der Waals surface area contributed by atoms with E-state index in [9.17, 15) is 19.1 Å². The van der Waals surface area contributed by atoms with Gasteiger partial charge in [0.1, 0.15) is 11.6 Å². The number of carbonyl (C=O) groups is 2. The SMILES string of the molecule is C[C@H](OC(=O)c1ccc(-c2ccc(O)cc2)cc1)C(=O)Nc1ccc(F)cc1. The van der Waals surface area contributed by atoms with Crippen molar-refractivity contribution in [3.8, 4) is 16.9 Å². The maximum absolute atomic E-state index is 12.9. The lowest BCUT2D eigenvalue weighted by Crippen LogP contribution is -2.30. The van der Waals surface area contributed by atoms with Gasteiger partial charge < -0.3 is 15.2 Å². The van der Waals surface area contributed by atoms with Gasteiger partial charge in [0.15, 0.2) is 6.10 Å². The fraction of sp³-hybridized carbons (Fsp3) is 0.0909. The van der Waals surface area contributed by atoms with Crippen LogP contribution in [0.4, 0.5) is 10.1 Å². The molecule has 1 amide bonds. The van der Waals surface area contributed by atoms with Crippen LogP contribution in [-0.4, -0.2) is 23.1 Å².